The Hall–Kier alpha value is -2.48. The van der Waals surface area contributed by atoms with E-state index in [4.69, 9.17) is 4.74 Å². The largest absolute Gasteiger partial charge is 0.481 e. The number of nitro groups is 1. The molecule has 22 heavy (non-hydrogen) atoms. The van der Waals surface area contributed by atoms with E-state index in [9.17, 15) is 19.3 Å². The number of hydrogen-bond donors (Lipinski definition) is 1. The summed E-state index contributed by atoms with van der Waals surface area (Å²) >= 11 is 3.11. The first-order valence-electron chi connectivity index (χ1n) is 6.08. The first kappa shape index (κ1) is 15.9. The SMILES string of the molecule is O=C(COc1ccc(Br)cc1F)Nc1ccc([N+](=O)[O-])cc1. The van der Waals surface area contributed by atoms with E-state index in [1.807, 2.05) is 0 Å². The highest BCUT2D eigenvalue weighted by Gasteiger charge is 2.09. The molecule has 114 valence electrons. The van der Waals surface area contributed by atoms with Gasteiger partial charge in [0, 0.05) is 22.3 Å². The van der Waals surface area contributed by atoms with Crippen molar-refractivity contribution < 1.29 is 18.8 Å². The zero-order valence-corrected chi connectivity index (χ0v) is 12.7. The standard InChI is InChI=1S/C14H10BrFN2O4/c15-9-1-6-13(12(16)7-9)22-8-14(19)17-10-2-4-11(5-3-10)18(20)21/h1-7H,8H2,(H,17,19). The van der Waals surface area contributed by atoms with E-state index in [1.165, 1.54) is 36.4 Å². The number of carbonyl (C=O) groups excluding carboxylic acids is 1. The minimum Gasteiger partial charge on any atom is -0.481 e. The Balaban J connectivity index is 1.91. The second kappa shape index (κ2) is 6.99. The van der Waals surface area contributed by atoms with Gasteiger partial charge in [-0.1, -0.05) is 15.9 Å². The van der Waals surface area contributed by atoms with Crippen LogP contribution in [-0.4, -0.2) is 17.4 Å². The first-order chi connectivity index (χ1) is 10.5. The lowest BCUT2D eigenvalue weighted by atomic mass is 10.3. The fraction of sp³-hybridized carbons (Fsp3) is 0.0714. The molecule has 0 unspecified atom stereocenters. The number of nitro benzene ring substituents is 1. The van der Waals surface area contributed by atoms with E-state index in [0.717, 1.165) is 0 Å². The van der Waals surface area contributed by atoms with Crippen molar-refractivity contribution in [1.82, 2.24) is 0 Å². The van der Waals surface area contributed by atoms with Crippen LogP contribution >= 0.6 is 15.9 Å². The predicted molar refractivity (Wildman–Crippen MR) is 81.3 cm³/mol. The van der Waals surface area contributed by atoms with E-state index >= 15 is 0 Å². The molecule has 0 atom stereocenters. The van der Waals surface area contributed by atoms with Gasteiger partial charge >= 0.3 is 0 Å². The summed E-state index contributed by atoms with van der Waals surface area (Å²) in [4.78, 5) is 21.7. The van der Waals surface area contributed by atoms with E-state index in [1.54, 1.807) is 6.07 Å². The van der Waals surface area contributed by atoms with E-state index in [0.29, 0.717) is 10.2 Å². The Labute approximate surface area is 133 Å². The maximum Gasteiger partial charge on any atom is 0.269 e. The smallest absolute Gasteiger partial charge is 0.269 e. The molecule has 2 rings (SSSR count). The van der Waals surface area contributed by atoms with Crippen LogP contribution in [0.4, 0.5) is 15.8 Å². The van der Waals surface area contributed by atoms with Crippen molar-refractivity contribution in [1.29, 1.82) is 0 Å². The number of amides is 1. The molecule has 8 heteroatoms. The number of carbonyl (C=O) groups is 1. The summed E-state index contributed by atoms with van der Waals surface area (Å²) < 4.78 is 19.1. The van der Waals surface area contributed by atoms with Gasteiger partial charge < -0.3 is 10.1 Å². The van der Waals surface area contributed by atoms with Crippen molar-refractivity contribution in [2.75, 3.05) is 11.9 Å². The van der Waals surface area contributed by atoms with Gasteiger partial charge in [-0.15, -0.1) is 0 Å². The van der Waals surface area contributed by atoms with Gasteiger partial charge in [-0.2, -0.15) is 0 Å². The molecule has 0 saturated heterocycles. The number of hydrogen-bond acceptors (Lipinski definition) is 4. The quantitative estimate of drug-likeness (QED) is 0.646. The van der Waals surface area contributed by atoms with Gasteiger partial charge in [-0.3, -0.25) is 14.9 Å². The van der Waals surface area contributed by atoms with Crippen molar-refractivity contribution >= 4 is 33.2 Å². The lowest BCUT2D eigenvalue weighted by Crippen LogP contribution is -2.20. The molecule has 1 amide bonds. The molecule has 0 aliphatic rings. The summed E-state index contributed by atoms with van der Waals surface area (Å²) in [6, 6.07) is 9.55. The van der Waals surface area contributed by atoms with E-state index < -0.39 is 16.6 Å². The summed E-state index contributed by atoms with van der Waals surface area (Å²) in [7, 11) is 0. The molecule has 0 aromatic heterocycles. The van der Waals surface area contributed by atoms with Gasteiger partial charge in [0.05, 0.1) is 4.92 Å². The molecule has 0 saturated carbocycles. The third-order valence-corrected chi connectivity index (χ3v) is 3.11. The van der Waals surface area contributed by atoms with Gasteiger partial charge in [0.15, 0.2) is 18.2 Å². The highest BCUT2D eigenvalue weighted by molar-refractivity contribution is 9.10. The second-order valence-electron chi connectivity index (χ2n) is 4.22. The molecule has 1 N–H and O–H groups in total. The summed E-state index contributed by atoms with van der Waals surface area (Å²) in [5.41, 5.74) is 0.307. The van der Waals surface area contributed by atoms with Crippen LogP contribution in [0, 0.1) is 15.9 Å². The third-order valence-electron chi connectivity index (χ3n) is 2.61. The third kappa shape index (κ3) is 4.26. The number of anilines is 1. The number of benzene rings is 2. The zero-order chi connectivity index (χ0) is 16.1. The minimum absolute atomic E-state index is 0.0398. The predicted octanol–water partition coefficient (Wildman–Crippen LogP) is 3.51. The second-order valence-corrected chi connectivity index (χ2v) is 5.13. The van der Waals surface area contributed by atoms with Crippen LogP contribution < -0.4 is 10.1 Å². The highest BCUT2D eigenvalue weighted by Crippen LogP contribution is 2.21. The van der Waals surface area contributed by atoms with Crippen LogP contribution in [0.3, 0.4) is 0 Å². The topological polar surface area (TPSA) is 81.5 Å². The summed E-state index contributed by atoms with van der Waals surface area (Å²) in [6.45, 7) is -0.379. The Morgan fingerprint density at radius 3 is 2.55 bits per heavy atom. The summed E-state index contributed by atoms with van der Waals surface area (Å²) in [5.74, 6) is -1.13. The maximum absolute atomic E-state index is 13.5. The fourth-order valence-electron chi connectivity index (χ4n) is 1.60. The molecule has 6 nitrogen and oxygen atoms in total. The summed E-state index contributed by atoms with van der Waals surface area (Å²) in [6.07, 6.45) is 0. The van der Waals surface area contributed by atoms with Gasteiger partial charge in [-0.25, -0.2) is 4.39 Å². The Kier molecular flexibility index (Phi) is 5.05. The van der Waals surface area contributed by atoms with Crippen LogP contribution in [0.1, 0.15) is 0 Å². The lowest BCUT2D eigenvalue weighted by molar-refractivity contribution is -0.384. The van der Waals surface area contributed by atoms with Crippen LogP contribution in [-0.2, 0) is 4.79 Å². The van der Waals surface area contributed by atoms with Gasteiger partial charge in [0.2, 0.25) is 0 Å². The fourth-order valence-corrected chi connectivity index (χ4v) is 1.93. The molecule has 0 aliphatic carbocycles. The van der Waals surface area contributed by atoms with E-state index in [-0.39, 0.29) is 18.0 Å². The van der Waals surface area contributed by atoms with Crippen molar-refractivity contribution in [2.45, 2.75) is 0 Å². The lowest BCUT2D eigenvalue weighted by Gasteiger charge is -2.08. The number of rotatable bonds is 5. The molecular weight excluding hydrogens is 359 g/mol. The van der Waals surface area contributed by atoms with Crippen molar-refractivity contribution in [3.63, 3.8) is 0 Å². The molecular formula is C14H10BrFN2O4. The zero-order valence-electron chi connectivity index (χ0n) is 11.1. The number of nitrogens with one attached hydrogen (secondary N) is 1. The van der Waals surface area contributed by atoms with E-state index in [2.05, 4.69) is 21.2 Å². The molecule has 2 aromatic carbocycles. The monoisotopic (exact) mass is 368 g/mol. The molecule has 0 bridgehead atoms. The number of non-ortho nitro benzene ring substituents is 1. The molecule has 0 radical (unpaired) electrons. The van der Waals surface area contributed by atoms with Crippen molar-refractivity contribution in [3.05, 3.63) is 62.9 Å². The Morgan fingerprint density at radius 1 is 1.27 bits per heavy atom. The normalized spacial score (nSPS) is 10.1. The van der Waals surface area contributed by atoms with Crippen molar-refractivity contribution in [3.8, 4) is 5.75 Å². The number of halogens is 2. The van der Waals surface area contributed by atoms with Gasteiger partial charge in [0.1, 0.15) is 0 Å². The molecule has 2 aromatic rings. The van der Waals surface area contributed by atoms with Crippen LogP contribution in [0.2, 0.25) is 0 Å². The average Bonchev–Trinajstić information content (AvgIpc) is 2.47. The molecule has 0 fully saturated rings. The van der Waals surface area contributed by atoms with Crippen LogP contribution in [0.5, 0.6) is 5.75 Å². The maximum atomic E-state index is 13.5. The van der Waals surface area contributed by atoms with Crippen LogP contribution in [0.25, 0.3) is 0 Å². The minimum atomic E-state index is -0.586. The number of nitrogens with zero attached hydrogens (tertiary/aromatic N) is 1. The molecule has 0 heterocycles. The molecule has 0 spiro atoms. The first-order valence-corrected chi connectivity index (χ1v) is 6.87. The van der Waals surface area contributed by atoms with Crippen molar-refractivity contribution in [2.24, 2.45) is 0 Å². The van der Waals surface area contributed by atoms with Crippen LogP contribution in [0.15, 0.2) is 46.9 Å². The van der Waals surface area contributed by atoms with Gasteiger partial charge in [-0.05, 0) is 30.3 Å². The number of ether oxygens (including phenoxy) is 1. The van der Waals surface area contributed by atoms with Gasteiger partial charge in [0.25, 0.3) is 11.6 Å². The Morgan fingerprint density at radius 2 is 1.95 bits per heavy atom. The Bertz CT molecular complexity index is 706. The highest BCUT2D eigenvalue weighted by atomic mass is 79.9. The average molecular weight is 369 g/mol. The summed E-state index contributed by atoms with van der Waals surface area (Å²) in [5, 5.41) is 13.0. The molecule has 0 aliphatic heterocycles.